The van der Waals surface area contributed by atoms with Crippen LogP contribution in [0.3, 0.4) is 0 Å². The lowest BCUT2D eigenvalue weighted by Gasteiger charge is -2.34. The molecule has 2 aliphatic rings. The summed E-state index contributed by atoms with van der Waals surface area (Å²) < 4.78 is 1.96. The number of imidazole rings is 1. The molecular formula is C18H27N5O2. The Balaban J connectivity index is 1.83. The Morgan fingerprint density at radius 3 is 2.64 bits per heavy atom. The van der Waals surface area contributed by atoms with Gasteiger partial charge in [0.1, 0.15) is 5.69 Å². The minimum atomic E-state index is -0.222. The van der Waals surface area contributed by atoms with E-state index < -0.39 is 0 Å². The second-order valence-electron chi connectivity index (χ2n) is 6.56. The fourth-order valence-electron chi connectivity index (χ4n) is 3.55. The van der Waals surface area contributed by atoms with E-state index in [1.165, 1.54) is 0 Å². The topological polar surface area (TPSA) is 70.5 Å². The summed E-state index contributed by atoms with van der Waals surface area (Å²) in [5, 5.41) is 2.78. The highest BCUT2D eigenvalue weighted by Gasteiger charge is 2.30. The predicted molar refractivity (Wildman–Crippen MR) is 95.7 cm³/mol. The van der Waals surface area contributed by atoms with Gasteiger partial charge >= 0.3 is 0 Å². The zero-order chi connectivity index (χ0) is 17.8. The summed E-state index contributed by atoms with van der Waals surface area (Å²) >= 11 is 0. The molecule has 0 aliphatic carbocycles. The van der Waals surface area contributed by atoms with Crippen molar-refractivity contribution in [2.45, 2.75) is 32.7 Å². The third-order valence-corrected chi connectivity index (χ3v) is 5.04. The number of rotatable bonds is 5. The maximum Gasteiger partial charge on any atom is 0.289 e. The molecule has 1 aromatic rings. The fourth-order valence-corrected chi connectivity index (χ4v) is 3.55. The molecule has 7 nitrogen and oxygen atoms in total. The van der Waals surface area contributed by atoms with E-state index in [0.717, 1.165) is 51.1 Å². The van der Waals surface area contributed by atoms with E-state index in [-0.39, 0.29) is 11.8 Å². The second kappa shape index (κ2) is 7.82. The van der Waals surface area contributed by atoms with Gasteiger partial charge in [-0.1, -0.05) is 13.0 Å². The van der Waals surface area contributed by atoms with Gasteiger partial charge in [0.05, 0.1) is 5.69 Å². The molecule has 0 bridgehead atoms. The SMILES string of the molecule is C=CCNC(=O)c1nc(C(=O)N2CCN(CC)CC2)n2c1CCCC2. The standard InChI is InChI=1S/C18H27N5O2/c1-3-8-19-17(24)15-14-7-5-6-9-23(14)16(20-15)18(25)22-12-10-21(4-2)11-13-22/h3H,1,4-13H2,2H3,(H,19,24). The highest BCUT2D eigenvalue weighted by Crippen LogP contribution is 2.22. The van der Waals surface area contributed by atoms with Crippen LogP contribution in [0.2, 0.25) is 0 Å². The molecule has 136 valence electrons. The van der Waals surface area contributed by atoms with Crippen molar-refractivity contribution in [3.8, 4) is 0 Å². The Hall–Kier alpha value is -2.15. The Bertz CT molecular complexity index is 659. The minimum Gasteiger partial charge on any atom is -0.347 e. The highest BCUT2D eigenvalue weighted by molar-refractivity contribution is 5.97. The van der Waals surface area contributed by atoms with Crippen molar-refractivity contribution < 1.29 is 9.59 Å². The molecule has 1 aromatic heterocycles. The molecular weight excluding hydrogens is 318 g/mol. The summed E-state index contributed by atoms with van der Waals surface area (Å²) in [4.78, 5) is 34.1. The first-order valence-corrected chi connectivity index (χ1v) is 9.15. The van der Waals surface area contributed by atoms with E-state index in [2.05, 4.69) is 28.7 Å². The number of likely N-dealkylation sites (N-methyl/N-ethyl adjacent to an activating group) is 1. The molecule has 7 heteroatoms. The average molecular weight is 345 g/mol. The van der Waals surface area contributed by atoms with Gasteiger partial charge in [0.25, 0.3) is 11.8 Å². The molecule has 0 saturated carbocycles. The molecule has 0 radical (unpaired) electrons. The summed E-state index contributed by atoms with van der Waals surface area (Å²) in [7, 11) is 0. The molecule has 0 unspecified atom stereocenters. The molecule has 0 aromatic carbocycles. The number of nitrogens with zero attached hydrogens (tertiary/aromatic N) is 4. The number of carbonyl (C=O) groups is 2. The lowest BCUT2D eigenvalue weighted by atomic mass is 10.1. The minimum absolute atomic E-state index is 0.0540. The van der Waals surface area contributed by atoms with Crippen LogP contribution >= 0.6 is 0 Å². The monoisotopic (exact) mass is 345 g/mol. The number of carbonyl (C=O) groups excluding carboxylic acids is 2. The van der Waals surface area contributed by atoms with E-state index in [0.29, 0.717) is 31.2 Å². The molecule has 25 heavy (non-hydrogen) atoms. The summed E-state index contributed by atoms with van der Waals surface area (Å²) in [6.45, 7) is 11.1. The maximum absolute atomic E-state index is 13.0. The first-order chi connectivity index (χ1) is 12.2. The summed E-state index contributed by atoms with van der Waals surface area (Å²) in [6, 6.07) is 0. The number of piperazine rings is 1. The molecule has 0 spiro atoms. The van der Waals surface area contributed by atoms with Crippen molar-refractivity contribution in [1.29, 1.82) is 0 Å². The summed E-state index contributed by atoms with van der Waals surface area (Å²) in [5.74, 6) is 0.144. The van der Waals surface area contributed by atoms with Crippen LogP contribution in [0.1, 0.15) is 46.6 Å². The quantitative estimate of drug-likeness (QED) is 0.806. The van der Waals surface area contributed by atoms with Crippen LogP contribution in [0.4, 0.5) is 0 Å². The molecule has 3 heterocycles. The van der Waals surface area contributed by atoms with E-state index in [9.17, 15) is 9.59 Å². The lowest BCUT2D eigenvalue weighted by Crippen LogP contribution is -2.49. The van der Waals surface area contributed by atoms with Gasteiger partial charge in [-0.2, -0.15) is 0 Å². The number of aromatic nitrogens is 2. The Morgan fingerprint density at radius 1 is 1.20 bits per heavy atom. The summed E-state index contributed by atoms with van der Waals surface area (Å²) in [6.07, 6.45) is 4.47. The van der Waals surface area contributed by atoms with Gasteiger partial charge in [0.15, 0.2) is 5.82 Å². The van der Waals surface area contributed by atoms with Crippen molar-refractivity contribution >= 4 is 11.8 Å². The van der Waals surface area contributed by atoms with Gasteiger partial charge in [-0.05, 0) is 25.8 Å². The van der Waals surface area contributed by atoms with Crippen LogP contribution in [-0.4, -0.2) is 70.4 Å². The normalized spacial score (nSPS) is 17.9. The predicted octanol–water partition coefficient (Wildman–Crippen LogP) is 0.913. The van der Waals surface area contributed by atoms with Gasteiger partial charge < -0.3 is 19.7 Å². The number of nitrogens with one attached hydrogen (secondary N) is 1. The van der Waals surface area contributed by atoms with Crippen molar-refractivity contribution in [1.82, 2.24) is 24.7 Å². The van der Waals surface area contributed by atoms with Crippen LogP contribution < -0.4 is 5.32 Å². The molecule has 3 rings (SSSR count). The third kappa shape index (κ3) is 3.61. The van der Waals surface area contributed by atoms with Gasteiger partial charge in [-0.25, -0.2) is 4.98 Å². The molecule has 1 fully saturated rings. The van der Waals surface area contributed by atoms with E-state index in [1.54, 1.807) is 6.08 Å². The Kier molecular flexibility index (Phi) is 5.53. The largest absolute Gasteiger partial charge is 0.347 e. The van der Waals surface area contributed by atoms with Crippen LogP contribution in [0.15, 0.2) is 12.7 Å². The fraction of sp³-hybridized carbons (Fsp3) is 0.611. The van der Waals surface area contributed by atoms with Crippen LogP contribution in [0.25, 0.3) is 0 Å². The third-order valence-electron chi connectivity index (χ3n) is 5.04. The molecule has 1 saturated heterocycles. The molecule has 1 N–H and O–H groups in total. The number of fused-ring (bicyclic) bond motifs is 1. The molecule has 2 aliphatic heterocycles. The second-order valence-corrected chi connectivity index (χ2v) is 6.56. The average Bonchev–Trinajstić information content (AvgIpc) is 3.05. The van der Waals surface area contributed by atoms with Crippen LogP contribution in [-0.2, 0) is 13.0 Å². The van der Waals surface area contributed by atoms with Gasteiger partial charge in [0.2, 0.25) is 0 Å². The Morgan fingerprint density at radius 2 is 1.96 bits per heavy atom. The Labute approximate surface area is 148 Å². The number of hydrogen-bond donors (Lipinski definition) is 1. The first-order valence-electron chi connectivity index (χ1n) is 9.15. The zero-order valence-electron chi connectivity index (χ0n) is 15.0. The van der Waals surface area contributed by atoms with Crippen molar-refractivity contribution in [3.63, 3.8) is 0 Å². The van der Waals surface area contributed by atoms with Gasteiger partial charge in [-0.15, -0.1) is 6.58 Å². The van der Waals surface area contributed by atoms with Crippen molar-refractivity contribution in [3.05, 3.63) is 29.9 Å². The van der Waals surface area contributed by atoms with Crippen molar-refractivity contribution in [2.24, 2.45) is 0 Å². The van der Waals surface area contributed by atoms with Crippen LogP contribution in [0, 0.1) is 0 Å². The smallest absolute Gasteiger partial charge is 0.289 e. The number of amides is 2. The van der Waals surface area contributed by atoms with Gasteiger partial charge in [0, 0.05) is 39.3 Å². The summed E-state index contributed by atoms with van der Waals surface area (Å²) in [5.41, 5.74) is 1.29. The van der Waals surface area contributed by atoms with Crippen LogP contribution in [0.5, 0.6) is 0 Å². The van der Waals surface area contributed by atoms with Gasteiger partial charge in [-0.3, -0.25) is 9.59 Å². The zero-order valence-corrected chi connectivity index (χ0v) is 15.0. The van der Waals surface area contributed by atoms with E-state index in [1.807, 2.05) is 9.47 Å². The first kappa shape index (κ1) is 17.7. The van der Waals surface area contributed by atoms with E-state index >= 15 is 0 Å². The number of hydrogen-bond acceptors (Lipinski definition) is 4. The molecule has 0 atom stereocenters. The highest BCUT2D eigenvalue weighted by atomic mass is 16.2. The maximum atomic E-state index is 13.0. The van der Waals surface area contributed by atoms with Crippen molar-refractivity contribution in [2.75, 3.05) is 39.3 Å². The lowest BCUT2D eigenvalue weighted by molar-refractivity contribution is 0.0625. The molecule has 2 amide bonds. The van der Waals surface area contributed by atoms with E-state index in [4.69, 9.17) is 0 Å².